The first-order valence-corrected chi connectivity index (χ1v) is 5.24. The molecule has 0 aliphatic carbocycles. The number of hydrogen-bond donors (Lipinski definition) is 2. The van der Waals surface area contributed by atoms with Crippen molar-refractivity contribution >= 4 is 11.6 Å². The quantitative estimate of drug-likeness (QED) is 0.900. The lowest BCUT2D eigenvalue weighted by molar-refractivity contribution is -0.274. The van der Waals surface area contributed by atoms with E-state index in [1.807, 2.05) is 0 Å². The molecule has 1 aromatic carbocycles. The minimum absolute atomic E-state index is 0.210. The van der Waals surface area contributed by atoms with Crippen molar-refractivity contribution in [1.29, 1.82) is 0 Å². The summed E-state index contributed by atoms with van der Waals surface area (Å²) in [6.07, 6.45) is -3.19. The number of nitrogens with one attached hydrogen (secondary N) is 2. The number of alkyl halides is 3. The van der Waals surface area contributed by atoms with Crippen LogP contribution in [0.25, 0.3) is 0 Å². The van der Waals surface area contributed by atoms with E-state index in [0.29, 0.717) is 5.69 Å². The van der Waals surface area contributed by atoms with E-state index in [0.717, 1.165) is 12.1 Å². The van der Waals surface area contributed by atoms with E-state index in [1.54, 1.807) is 18.3 Å². The average Bonchev–Trinajstić information content (AvgIpc) is 2.80. The van der Waals surface area contributed by atoms with Gasteiger partial charge in [-0.05, 0) is 24.3 Å². The summed E-state index contributed by atoms with van der Waals surface area (Å²) in [5.74, 6) is -0.842. The molecule has 0 radical (unpaired) electrons. The average molecular weight is 270 g/mol. The Labute approximate surface area is 106 Å². The Morgan fingerprint density at radius 2 is 2.00 bits per heavy atom. The zero-order valence-electron chi connectivity index (χ0n) is 9.49. The lowest BCUT2D eigenvalue weighted by Gasteiger charge is -2.10. The van der Waals surface area contributed by atoms with Crippen LogP contribution < -0.4 is 10.1 Å². The number of carbonyl (C=O) groups excluding carboxylic acids is 1. The van der Waals surface area contributed by atoms with Gasteiger partial charge in [-0.2, -0.15) is 0 Å². The van der Waals surface area contributed by atoms with Gasteiger partial charge in [0.2, 0.25) is 0 Å². The lowest BCUT2D eigenvalue weighted by Crippen LogP contribution is -2.17. The van der Waals surface area contributed by atoms with Gasteiger partial charge in [0, 0.05) is 18.0 Å². The van der Waals surface area contributed by atoms with Gasteiger partial charge in [0.25, 0.3) is 5.91 Å². The summed E-state index contributed by atoms with van der Waals surface area (Å²) < 4.78 is 39.9. The zero-order chi connectivity index (χ0) is 13.9. The third-order valence-corrected chi connectivity index (χ3v) is 2.17. The minimum atomic E-state index is -4.76. The number of ether oxygens (including phenoxy) is 1. The second kappa shape index (κ2) is 5.05. The fraction of sp³-hybridized carbons (Fsp3) is 0.0833. The SMILES string of the molecule is O=C(Nc1cccc(OC(F)(F)F)c1)c1ccc[nH]1. The molecule has 0 aliphatic heterocycles. The molecular weight excluding hydrogens is 261 g/mol. The molecule has 2 N–H and O–H groups in total. The predicted molar refractivity (Wildman–Crippen MR) is 61.9 cm³/mol. The molecule has 0 fully saturated rings. The molecule has 0 atom stereocenters. The van der Waals surface area contributed by atoms with Gasteiger partial charge in [-0.15, -0.1) is 13.2 Å². The van der Waals surface area contributed by atoms with Crippen molar-refractivity contribution in [3.8, 4) is 5.75 Å². The Bertz CT molecular complexity index is 565. The molecule has 0 bridgehead atoms. The van der Waals surface area contributed by atoms with Crippen molar-refractivity contribution in [1.82, 2.24) is 4.98 Å². The maximum Gasteiger partial charge on any atom is 0.573 e. The van der Waals surface area contributed by atoms with Crippen LogP contribution in [-0.4, -0.2) is 17.3 Å². The second-order valence-electron chi connectivity index (χ2n) is 3.61. The number of aromatic nitrogens is 1. The van der Waals surface area contributed by atoms with Crippen molar-refractivity contribution in [3.05, 3.63) is 48.3 Å². The lowest BCUT2D eigenvalue weighted by atomic mass is 10.3. The van der Waals surface area contributed by atoms with Gasteiger partial charge < -0.3 is 15.0 Å². The maximum atomic E-state index is 12.0. The summed E-state index contributed by atoms with van der Waals surface area (Å²) in [6, 6.07) is 8.24. The number of hydrogen-bond acceptors (Lipinski definition) is 2. The molecule has 0 spiro atoms. The van der Waals surface area contributed by atoms with Crippen molar-refractivity contribution in [2.75, 3.05) is 5.32 Å². The minimum Gasteiger partial charge on any atom is -0.406 e. The number of anilines is 1. The Balaban J connectivity index is 2.09. The largest absolute Gasteiger partial charge is 0.573 e. The molecule has 100 valence electrons. The van der Waals surface area contributed by atoms with Gasteiger partial charge in [0.15, 0.2) is 0 Å². The van der Waals surface area contributed by atoms with E-state index in [4.69, 9.17) is 0 Å². The topological polar surface area (TPSA) is 54.1 Å². The highest BCUT2D eigenvalue weighted by atomic mass is 19.4. The fourth-order valence-electron chi connectivity index (χ4n) is 1.44. The monoisotopic (exact) mass is 270 g/mol. The van der Waals surface area contributed by atoms with Crippen LogP contribution in [0.3, 0.4) is 0 Å². The summed E-state index contributed by atoms with van der Waals surface area (Å²) >= 11 is 0. The molecule has 1 amide bonds. The van der Waals surface area contributed by atoms with E-state index >= 15 is 0 Å². The van der Waals surface area contributed by atoms with Crippen LogP contribution in [0.1, 0.15) is 10.5 Å². The van der Waals surface area contributed by atoms with Crippen LogP contribution in [0.15, 0.2) is 42.6 Å². The standard InChI is InChI=1S/C12H9F3N2O2/c13-12(14,15)19-9-4-1-3-8(7-9)17-11(18)10-5-2-6-16-10/h1-7,16H,(H,17,18). The van der Waals surface area contributed by atoms with Crippen molar-refractivity contribution in [2.45, 2.75) is 6.36 Å². The summed E-state index contributed by atoms with van der Waals surface area (Å²) in [4.78, 5) is 14.4. The van der Waals surface area contributed by atoms with Crippen LogP contribution >= 0.6 is 0 Å². The van der Waals surface area contributed by atoms with E-state index in [2.05, 4.69) is 15.0 Å². The number of rotatable bonds is 3. The molecule has 7 heteroatoms. The first-order valence-electron chi connectivity index (χ1n) is 5.24. The predicted octanol–water partition coefficient (Wildman–Crippen LogP) is 3.17. The van der Waals surface area contributed by atoms with E-state index in [9.17, 15) is 18.0 Å². The van der Waals surface area contributed by atoms with Crippen LogP contribution in [0.4, 0.5) is 18.9 Å². The molecule has 2 rings (SSSR count). The Morgan fingerprint density at radius 1 is 1.21 bits per heavy atom. The number of halogens is 3. The molecule has 0 saturated carbocycles. The summed E-state index contributed by atoms with van der Waals surface area (Å²) in [5, 5.41) is 2.45. The number of aromatic amines is 1. The smallest absolute Gasteiger partial charge is 0.406 e. The van der Waals surface area contributed by atoms with Crippen molar-refractivity contribution in [2.24, 2.45) is 0 Å². The first-order chi connectivity index (χ1) is 8.94. The highest BCUT2D eigenvalue weighted by Gasteiger charge is 2.31. The third-order valence-electron chi connectivity index (χ3n) is 2.17. The molecular formula is C12H9F3N2O2. The molecule has 1 heterocycles. The third kappa shape index (κ3) is 3.77. The Morgan fingerprint density at radius 3 is 2.63 bits per heavy atom. The maximum absolute atomic E-state index is 12.0. The second-order valence-corrected chi connectivity index (χ2v) is 3.61. The molecule has 19 heavy (non-hydrogen) atoms. The molecule has 4 nitrogen and oxygen atoms in total. The van der Waals surface area contributed by atoms with Gasteiger partial charge >= 0.3 is 6.36 Å². The number of amides is 1. The normalized spacial score (nSPS) is 11.1. The molecule has 2 aromatic rings. The number of H-pyrrole nitrogens is 1. The summed E-state index contributed by atoms with van der Waals surface area (Å²) in [6.45, 7) is 0. The van der Waals surface area contributed by atoms with Gasteiger partial charge in [-0.25, -0.2) is 0 Å². The van der Waals surface area contributed by atoms with Crippen LogP contribution in [0, 0.1) is 0 Å². The van der Waals surface area contributed by atoms with Gasteiger partial charge in [0.05, 0.1) is 0 Å². The highest BCUT2D eigenvalue weighted by Crippen LogP contribution is 2.25. The van der Waals surface area contributed by atoms with E-state index in [1.165, 1.54) is 12.1 Å². The van der Waals surface area contributed by atoms with Crippen LogP contribution in [0.2, 0.25) is 0 Å². The zero-order valence-corrected chi connectivity index (χ0v) is 9.49. The summed E-state index contributed by atoms with van der Waals surface area (Å²) in [5.41, 5.74) is 0.517. The fourth-order valence-corrected chi connectivity index (χ4v) is 1.44. The number of benzene rings is 1. The van der Waals surface area contributed by atoms with E-state index < -0.39 is 18.0 Å². The van der Waals surface area contributed by atoms with Crippen LogP contribution in [-0.2, 0) is 0 Å². The Kier molecular flexibility index (Phi) is 3.46. The number of carbonyl (C=O) groups is 1. The summed E-state index contributed by atoms with van der Waals surface area (Å²) in [7, 11) is 0. The molecule has 0 aliphatic rings. The molecule has 0 unspecified atom stereocenters. The highest BCUT2D eigenvalue weighted by molar-refractivity contribution is 6.02. The van der Waals surface area contributed by atoms with Crippen LogP contribution in [0.5, 0.6) is 5.75 Å². The van der Waals surface area contributed by atoms with Gasteiger partial charge in [-0.1, -0.05) is 6.07 Å². The molecule has 1 aromatic heterocycles. The van der Waals surface area contributed by atoms with Crippen molar-refractivity contribution < 1.29 is 22.7 Å². The van der Waals surface area contributed by atoms with Gasteiger partial charge in [-0.3, -0.25) is 4.79 Å². The first kappa shape index (κ1) is 13.0. The Hall–Kier alpha value is -2.44. The molecule has 0 saturated heterocycles. The van der Waals surface area contributed by atoms with E-state index in [-0.39, 0.29) is 5.69 Å². The van der Waals surface area contributed by atoms with Crippen molar-refractivity contribution in [3.63, 3.8) is 0 Å². The van der Waals surface area contributed by atoms with Gasteiger partial charge in [0.1, 0.15) is 11.4 Å².